The van der Waals surface area contributed by atoms with Gasteiger partial charge in [-0.2, -0.15) is 0 Å². The van der Waals surface area contributed by atoms with Crippen molar-refractivity contribution in [1.29, 1.82) is 0 Å². The van der Waals surface area contributed by atoms with Crippen LogP contribution in [0.1, 0.15) is 41.5 Å². The summed E-state index contributed by atoms with van der Waals surface area (Å²) in [6, 6.07) is 10.5. The van der Waals surface area contributed by atoms with Crippen molar-refractivity contribution in [3.63, 3.8) is 0 Å². The molecule has 1 amide bonds. The first-order valence-corrected chi connectivity index (χ1v) is 11.6. The molecular formula is C26H35ClN2O4. The number of halogens is 1. The summed E-state index contributed by atoms with van der Waals surface area (Å²) in [5, 5.41) is 3.49. The van der Waals surface area contributed by atoms with Crippen LogP contribution in [0.15, 0.2) is 30.3 Å². The molecule has 2 aromatic rings. The van der Waals surface area contributed by atoms with Crippen molar-refractivity contribution in [3.8, 4) is 17.2 Å². The van der Waals surface area contributed by atoms with Gasteiger partial charge in [0.05, 0.1) is 20.8 Å². The lowest BCUT2D eigenvalue weighted by atomic mass is 9.77. The number of methoxy groups -OCH3 is 2. The van der Waals surface area contributed by atoms with Gasteiger partial charge in [0.2, 0.25) is 5.91 Å². The van der Waals surface area contributed by atoms with Crippen LogP contribution in [-0.4, -0.2) is 57.8 Å². The predicted octanol–water partition coefficient (Wildman–Crippen LogP) is 3.77. The van der Waals surface area contributed by atoms with Crippen LogP contribution in [-0.2, 0) is 24.1 Å². The molecule has 0 spiro atoms. The molecule has 1 aliphatic heterocycles. The second kappa shape index (κ2) is 11.6. The van der Waals surface area contributed by atoms with E-state index in [2.05, 4.69) is 35.6 Å². The Hall–Kier alpha value is -2.44. The molecule has 33 heavy (non-hydrogen) atoms. The maximum atomic E-state index is 12.8. The third-order valence-corrected chi connectivity index (χ3v) is 6.60. The van der Waals surface area contributed by atoms with Crippen LogP contribution in [0, 0.1) is 0 Å². The first-order valence-electron chi connectivity index (χ1n) is 11.6. The van der Waals surface area contributed by atoms with Crippen LogP contribution >= 0.6 is 12.4 Å². The Labute approximate surface area is 203 Å². The summed E-state index contributed by atoms with van der Waals surface area (Å²) in [6.45, 7) is 5.83. The Morgan fingerprint density at radius 3 is 2.27 bits per heavy atom. The van der Waals surface area contributed by atoms with Crippen LogP contribution in [0.2, 0.25) is 0 Å². The number of nitrogens with one attached hydrogen (secondary N) is 1. The Kier molecular flexibility index (Phi) is 8.87. The second-order valence-corrected chi connectivity index (χ2v) is 8.51. The van der Waals surface area contributed by atoms with E-state index in [0.29, 0.717) is 25.5 Å². The van der Waals surface area contributed by atoms with Crippen molar-refractivity contribution < 1.29 is 19.0 Å². The number of hydrogen-bond donors (Lipinski definition) is 1. The van der Waals surface area contributed by atoms with E-state index in [4.69, 9.17) is 14.2 Å². The lowest BCUT2D eigenvalue weighted by molar-refractivity contribution is -0.131. The first kappa shape index (κ1) is 25.2. The van der Waals surface area contributed by atoms with Crippen molar-refractivity contribution >= 4 is 18.3 Å². The summed E-state index contributed by atoms with van der Waals surface area (Å²) in [4.78, 5) is 14.8. The van der Waals surface area contributed by atoms with E-state index in [0.717, 1.165) is 56.1 Å². The standard InChI is InChI=1S/C26H34N2O4.ClH/c1-4-32-22-5-6-23-20(14-22)13-21(23)17-27-10-7-26(29)28-11-8-18-15-24(30-2)25(31-3)16-19(18)9-12-28;/h5-6,14-16,21,27H,4,7-13,17H2,1-3H3;1H. The minimum atomic E-state index is 0. The van der Waals surface area contributed by atoms with Crippen molar-refractivity contribution in [3.05, 3.63) is 52.6 Å². The SMILES string of the molecule is CCOc1ccc2c(c1)CC2CNCCC(=O)N1CCc2cc(OC)c(OC)cc2CC1.Cl. The van der Waals surface area contributed by atoms with Gasteiger partial charge in [-0.15, -0.1) is 12.4 Å². The first-order chi connectivity index (χ1) is 15.6. The summed E-state index contributed by atoms with van der Waals surface area (Å²) in [5.41, 5.74) is 5.28. The molecule has 7 heteroatoms. The fraction of sp³-hybridized carbons (Fsp3) is 0.500. The van der Waals surface area contributed by atoms with Gasteiger partial charge in [0.25, 0.3) is 0 Å². The lowest BCUT2D eigenvalue weighted by Gasteiger charge is -2.31. The van der Waals surface area contributed by atoms with Crippen LogP contribution in [0.5, 0.6) is 17.2 Å². The van der Waals surface area contributed by atoms with E-state index >= 15 is 0 Å². The fourth-order valence-electron chi connectivity index (χ4n) is 4.77. The molecular weight excluding hydrogens is 440 g/mol. The summed E-state index contributed by atoms with van der Waals surface area (Å²) in [7, 11) is 3.31. The zero-order valence-electron chi connectivity index (χ0n) is 19.8. The average molecular weight is 475 g/mol. The maximum Gasteiger partial charge on any atom is 0.223 e. The highest BCUT2D eigenvalue weighted by atomic mass is 35.5. The van der Waals surface area contributed by atoms with Crippen LogP contribution in [0.25, 0.3) is 0 Å². The van der Waals surface area contributed by atoms with Gasteiger partial charge >= 0.3 is 0 Å². The molecule has 1 aliphatic carbocycles. The highest BCUT2D eigenvalue weighted by molar-refractivity contribution is 5.85. The number of amides is 1. The van der Waals surface area contributed by atoms with Gasteiger partial charge in [-0.3, -0.25) is 4.79 Å². The summed E-state index contributed by atoms with van der Waals surface area (Å²) in [6.07, 6.45) is 3.30. The number of nitrogens with zero attached hydrogens (tertiary/aromatic N) is 1. The van der Waals surface area contributed by atoms with Gasteiger partial charge in [-0.1, -0.05) is 6.07 Å². The van der Waals surface area contributed by atoms with Crippen molar-refractivity contribution in [1.82, 2.24) is 10.2 Å². The van der Waals surface area contributed by atoms with Gasteiger partial charge < -0.3 is 24.4 Å². The highest BCUT2D eigenvalue weighted by Crippen LogP contribution is 2.37. The number of carbonyl (C=O) groups excluding carboxylic acids is 1. The normalized spacial score (nSPS) is 16.5. The Morgan fingerprint density at radius 2 is 1.70 bits per heavy atom. The minimum absolute atomic E-state index is 0. The number of hydrogen-bond acceptors (Lipinski definition) is 5. The van der Waals surface area contributed by atoms with Gasteiger partial charge in [0.15, 0.2) is 11.5 Å². The maximum absolute atomic E-state index is 12.8. The zero-order valence-corrected chi connectivity index (χ0v) is 20.6. The van der Waals surface area contributed by atoms with Gasteiger partial charge in [-0.05, 0) is 72.7 Å². The minimum Gasteiger partial charge on any atom is -0.494 e. The van der Waals surface area contributed by atoms with Crippen molar-refractivity contribution in [2.24, 2.45) is 0 Å². The van der Waals surface area contributed by atoms with Crippen LogP contribution < -0.4 is 19.5 Å². The molecule has 1 unspecified atom stereocenters. The fourth-order valence-corrected chi connectivity index (χ4v) is 4.77. The third kappa shape index (κ3) is 5.74. The molecule has 1 heterocycles. The molecule has 1 atom stereocenters. The molecule has 0 fully saturated rings. The molecule has 0 aromatic heterocycles. The van der Waals surface area contributed by atoms with E-state index in [1.165, 1.54) is 22.3 Å². The highest BCUT2D eigenvalue weighted by Gasteiger charge is 2.26. The number of rotatable bonds is 9. The van der Waals surface area contributed by atoms with E-state index in [9.17, 15) is 4.79 Å². The molecule has 2 aliphatic rings. The Morgan fingerprint density at radius 1 is 1.03 bits per heavy atom. The molecule has 0 saturated carbocycles. The molecule has 4 rings (SSSR count). The van der Waals surface area contributed by atoms with Gasteiger partial charge in [0, 0.05) is 38.5 Å². The number of fused-ring (bicyclic) bond motifs is 2. The largest absolute Gasteiger partial charge is 0.494 e. The summed E-state index contributed by atoms with van der Waals surface area (Å²) >= 11 is 0. The van der Waals surface area contributed by atoms with Crippen LogP contribution in [0.4, 0.5) is 0 Å². The summed E-state index contributed by atoms with van der Waals surface area (Å²) < 4.78 is 16.4. The average Bonchev–Trinajstić information content (AvgIpc) is 3.00. The molecule has 6 nitrogen and oxygen atoms in total. The van der Waals surface area contributed by atoms with Gasteiger partial charge in [0.1, 0.15) is 5.75 Å². The van der Waals surface area contributed by atoms with Crippen LogP contribution in [0.3, 0.4) is 0 Å². The van der Waals surface area contributed by atoms with E-state index in [-0.39, 0.29) is 18.3 Å². The smallest absolute Gasteiger partial charge is 0.223 e. The monoisotopic (exact) mass is 474 g/mol. The lowest BCUT2D eigenvalue weighted by Crippen LogP contribution is -2.36. The molecule has 180 valence electrons. The van der Waals surface area contributed by atoms with E-state index in [1.54, 1.807) is 14.2 Å². The summed E-state index contributed by atoms with van der Waals surface area (Å²) in [5.74, 6) is 3.22. The third-order valence-electron chi connectivity index (χ3n) is 6.60. The quantitative estimate of drug-likeness (QED) is 0.560. The second-order valence-electron chi connectivity index (χ2n) is 8.51. The molecule has 2 aromatic carbocycles. The van der Waals surface area contributed by atoms with Crippen molar-refractivity contribution in [2.75, 3.05) is 47.0 Å². The number of ether oxygens (including phenoxy) is 3. The predicted molar refractivity (Wildman–Crippen MR) is 132 cm³/mol. The Bertz CT molecular complexity index is 931. The molecule has 0 radical (unpaired) electrons. The molecule has 0 bridgehead atoms. The Balaban J connectivity index is 0.00000306. The van der Waals surface area contributed by atoms with Gasteiger partial charge in [-0.25, -0.2) is 0 Å². The molecule has 1 N–H and O–H groups in total. The molecule has 0 saturated heterocycles. The van der Waals surface area contributed by atoms with E-state index in [1.807, 2.05) is 11.8 Å². The van der Waals surface area contributed by atoms with Crippen molar-refractivity contribution in [2.45, 2.75) is 38.5 Å². The topological polar surface area (TPSA) is 60.0 Å². The zero-order chi connectivity index (χ0) is 22.5. The number of benzene rings is 2. The number of carbonyl (C=O) groups is 1. The van der Waals surface area contributed by atoms with E-state index < -0.39 is 0 Å².